The van der Waals surface area contributed by atoms with Crippen LogP contribution >= 0.6 is 0 Å². The summed E-state index contributed by atoms with van der Waals surface area (Å²) in [5.41, 5.74) is 6.78. The van der Waals surface area contributed by atoms with E-state index in [1.807, 2.05) is 4.72 Å². The van der Waals surface area contributed by atoms with Gasteiger partial charge in [-0.25, -0.2) is 17.5 Å². The summed E-state index contributed by atoms with van der Waals surface area (Å²) in [5.74, 6) is -1.01. The molecule has 0 spiro atoms. The minimum atomic E-state index is -4.09. The van der Waals surface area contributed by atoms with Crippen LogP contribution in [0.2, 0.25) is 0 Å². The maximum atomic E-state index is 14.1. The van der Waals surface area contributed by atoms with Gasteiger partial charge in [0.15, 0.2) is 5.76 Å². The number of likely N-dealkylation sites (tertiary alicyclic amines) is 1. The average molecular weight is 667 g/mol. The number of rotatable bonds is 9. The zero-order chi connectivity index (χ0) is 33.1. The van der Waals surface area contributed by atoms with Crippen LogP contribution in [0, 0.1) is 23.7 Å². The summed E-state index contributed by atoms with van der Waals surface area (Å²) in [6, 6.07) is 12.9. The van der Waals surface area contributed by atoms with E-state index in [9.17, 15) is 27.2 Å². The maximum absolute atomic E-state index is 14.1. The van der Waals surface area contributed by atoms with E-state index in [2.05, 4.69) is 5.32 Å². The third-order valence-corrected chi connectivity index (χ3v) is 11.8. The molecule has 1 aromatic heterocycles. The lowest BCUT2D eigenvalue weighted by atomic mass is 9.76. The number of nitrogens with one attached hydrogen (secondary N) is 2. The van der Waals surface area contributed by atoms with Gasteiger partial charge in [-0.1, -0.05) is 50.3 Å². The Morgan fingerprint density at radius 2 is 1.66 bits per heavy atom. The molecule has 2 saturated carbocycles. The lowest BCUT2D eigenvalue weighted by molar-refractivity contribution is -0.142. The minimum absolute atomic E-state index is 0.00197. The second-order valence-electron chi connectivity index (χ2n) is 13.4. The Labute approximate surface area is 274 Å². The van der Waals surface area contributed by atoms with Crippen molar-refractivity contribution in [1.82, 2.24) is 9.62 Å². The van der Waals surface area contributed by atoms with Gasteiger partial charge < -0.3 is 20.4 Å². The molecule has 3 aliphatic rings. The van der Waals surface area contributed by atoms with Crippen molar-refractivity contribution in [3.05, 3.63) is 60.4 Å². The summed E-state index contributed by atoms with van der Waals surface area (Å²) < 4.78 is 46.1. The quantitative estimate of drug-likeness (QED) is 0.277. The number of hydrogen-bond acceptors (Lipinski definition) is 7. The molecule has 4 N–H and O–H groups in total. The van der Waals surface area contributed by atoms with Crippen LogP contribution in [0.15, 0.2) is 63.9 Å². The van der Waals surface area contributed by atoms with Gasteiger partial charge in [0.25, 0.3) is 10.0 Å². The van der Waals surface area contributed by atoms with Gasteiger partial charge in [0.05, 0.1) is 4.90 Å². The first kappa shape index (κ1) is 33.1. The van der Waals surface area contributed by atoms with Gasteiger partial charge in [0.1, 0.15) is 18.3 Å². The van der Waals surface area contributed by atoms with Gasteiger partial charge in [-0.2, -0.15) is 0 Å². The smallest absolute Gasteiger partial charge is 0.300 e. The number of nitrogens with two attached hydrogens (primary N) is 1. The van der Waals surface area contributed by atoms with E-state index in [4.69, 9.17) is 10.2 Å². The summed E-state index contributed by atoms with van der Waals surface area (Å²) in [7, 11) is -4.09. The average Bonchev–Trinajstić information content (AvgIpc) is 3.73. The molecule has 2 aliphatic carbocycles. The Morgan fingerprint density at radius 3 is 2.36 bits per heavy atom. The molecule has 3 amide bonds. The highest BCUT2D eigenvalue weighted by atomic mass is 32.2. The molecule has 1 saturated heterocycles. The first-order valence-electron chi connectivity index (χ1n) is 16.7. The molecule has 3 aromatic rings. The molecular weight excluding hydrogens is 623 g/mol. The van der Waals surface area contributed by atoms with E-state index in [1.165, 1.54) is 24.6 Å². The van der Waals surface area contributed by atoms with Crippen molar-refractivity contribution in [3.8, 4) is 0 Å². The number of carbonyl (C=O) groups is 3. The van der Waals surface area contributed by atoms with Crippen LogP contribution in [0.25, 0.3) is 11.0 Å². The van der Waals surface area contributed by atoms with Crippen LogP contribution in [0.1, 0.15) is 74.8 Å². The lowest BCUT2D eigenvalue weighted by Crippen LogP contribution is -2.50. The van der Waals surface area contributed by atoms with Crippen molar-refractivity contribution in [2.75, 3.05) is 18.5 Å². The first-order chi connectivity index (χ1) is 22.6. The summed E-state index contributed by atoms with van der Waals surface area (Å²) >= 11 is 0. The monoisotopic (exact) mass is 666 g/mol. The number of alkyl halides is 1. The van der Waals surface area contributed by atoms with Crippen LogP contribution in [-0.4, -0.2) is 56.3 Å². The molecule has 47 heavy (non-hydrogen) atoms. The molecular formula is C35H43FN4O6S. The van der Waals surface area contributed by atoms with Crippen molar-refractivity contribution >= 4 is 44.4 Å². The molecule has 12 heteroatoms. The number of furan rings is 1. The van der Waals surface area contributed by atoms with Gasteiger partial charge in [0, 0.05) is 29.6 Å². The second kappa shape index (κ2) is 14.1. The second-order valence-corrected chi connectivity index (χ2v) is 15.0. The molecule has 1 aliphatic heterocycles. The van der Waals surface area contributed by atoms with Crippen molar-refractivity contribution in [3.63, 3.8) is 0 Å². The Balaban J connectivity index is 1.18. The Kier molecular flexibility index (Phi) is 9.98. The van der Waals surface area contributed by atoms with Crippen molar-refractivity contribution in [2.24, 2.45) is 29.4 Å². The zero-order valence-corrected chi connectivity index (χ0v) is 27.2. The fraction of sp³-hybridized carbons (Fsp3) is 0.514. The van der Waals surface area contributed by atoms with Crippen molar-refractivity contribution in [2.45, 2.75) is 81.2 Å². The van der Waals surface area contributed by atoms with Crippen LogP contribution in [0.5, 0.6) is 0 Å². The predicted molar refractivity (Wildman–Crippen MR) is 176 cm³/mol. The number of hydrogen-bond donors (Lipinski definition) is 3. The van der Waals surface area contributed by atoms with Gasteiger partial charge in [-0.3, -0.25) is 14.4 Å². The van der Waals surface area contributed by atoms with Crippen molar-refractivity contribution in [1.29, 1.82) is 0 Å². The van der Waals surface area contributed by atoms with Gasteiger partial charge in [0.2, 0.25) is 11.8 Å². The number of halogens is 1. The van der Waals surface area contributed by atoms with E-state index in [-0.39, 0.29) is 40.2 Å². The molecule has 2 aromatic carbocycles. The topological polar surface area (TPSA) is 152 Å². The van der Waals surface area contributed by atoms with E-state index in [1.54, 1.807) is 41.3 Å². The largest absolute Gasteiger partial charge is 0.451 e. The highest BCUT2D eigenvalue weighted by Crippen LogP contribution is 2.41. The molecule has 3 atom stereocenters. The molecule has 0 unspecified atom stereocenters. The highest BCUT2D eigenvalue weighted by molar-refractivity contribution is 7.90. The Morgan fingerprint density at radius 1 is 0.936 bits per heavy atom. The Bertz CT molecular complexity index is 1700. The van der Waals surface area contributed by atoms with Crippen molar-refractivity contribution < 1.29 is 31.6 Å². The zero-order valence-electron chi connectivity index (χ0n) is 26.4. The third-order valence-electron chi connectivity index (χ3n) is 10.4. The summed E-state index contributed by atoms with van der Waals surface area (Å²) in [5, 5.41) is 3.54. The third kappa shape index (κ3) is 7.23. The highest BCUT2D eigenvalue weighted by Gasteiger charge is 2.47. The standard InChI is InChI=1S/C35H43FN4O6S/c36-21-29(37)23-11-13-24(14-12-23)35(43)40-18-17-28(22-7-3-1-4-8-22)32(40)34(42)38-26-15-16-30-25(19-26)20-31(46-30)33(41)39-47(44,45)27-9-5-2-6-10-27/h2,5-6,9-10,15-16,19-20,22-24,28-29,32H,1,3-4,7-8,11-14,17-18,21,37H2,(H,38,42)(H,39,41)/t23?,24?,28-,29+,32-/m0/s1. The molecule has 3 fully saturated rings. The minimum Gasteiger partial charge on any atom is -0.451 e. The van der Waals surface area contributed by atoms with Crippen LogP contribution in [-0.2, 0) is 19.6 Å². The summed E-state index contributed by atoms with van der Waals surface area (Å²) in [6.45, 7) is -0.0247. The SMILES string of the molecule is N[C@H](CF)C1CCC(C(=O)N2CC[C@@H](C3CCCCC3)[C@H]2C(=O)Nc2ccc3oc(C(=O)NS(=O)(=O)c4ccccc4)cc3c2)CC1. The fourth-order valence-corrected chi connectivity index (χ4v) is 8.87. The summed E-state index contributed by atoms with van der Waals surface area (Å²) in [4.78, 5) is 42.5. The number of anilines is 1. The lowest BCUT2D eigenvalue weighted by Gasteiger charge is -2.36. The van der Waals surface area contributed by atoms with Gasteiger partial charge in [-0.05, 0) is 86.3 Å². The van der Waals surface area contributed by atoms with E-state index >= 15 is 0 Å². The number of nitrogens with zero attached hydrogens (tertiary/aromatic N) is 1. The van der Waals surface area contributed by atoms with Gasteiger partial charge in [-0.15, -0.1) is 0 Å². The molecule has 252 valence electrons. The van der Waals surface area contributed by atoms with Gasteiger partial charge >= 0.3 is 5.91 Å². The van der Waals surface area contributed by atoms with Crippen LogP contribution in [0.3, 0.4) is 0 Å². The molecule has 6 rings (SSSR count). The first-order valence-corrected chi connectivity index (χ1v) is 18.2. The normalized spacial score (nSPS) is 24.6. The van der Waals surface area contributed by atoms with E-state index in [0.717, 1.165) is 32.1 Å². The predicted octanol–water partition coefficient (Wildman–Crippen LogP) is 5.39. The number of carbonyl (C=O) groups excluding carboxylic acids is 3. The number of benzene rings is 2. The fourth-order valence-electron chi connectivity index (χ4n) is 7.89. The molecule has 0 radical (unpaired) electrons. The van der Waals surface area contributed by atoms with Crippen LogP contribution < -0.4 is 15.8 Å². The van der Waals surface area contributed by atoms with E-state index < -0.39 is 34.7 Å². The van der Waals surface area contributed by atoms with E-state index in [0.29, 0.717) is 54.8 Å². The van der Waals surface area contributed by atoms with Crippen LogP contribution in [0.4, 0.5) is 10.1 Å². The summed E-state index contributed by atoms with van der Waals surface area (Å²) in [6.07, 6.45) is 9.04. The molecule has 2 heterocycles. The Hall–Kier alpha value is -3.77. The molecule has 10 nitrogen and oxygen atoms in total. The maximum Gasteiger partial charge on any atom is 0.300 e. The number of fused-ring (bicyclic) bond motifs is 1. The molecule has 0 bridgehead atoms. The number of sulfonamides is 1. The number of amides is 3.